The predicted octanol–water partition coefficient (Wildman–Crippen LogP) is 3.62. The van der Waals surface area contributed by atoms with Crippen LogP contribution in [0.4, 0.5) is 5.69 Å². The van der Waals surface area contributed by atoms with E-state index in [1.54, 1.807) is 0 Å². The Kier molecular flexibility index (Phi) is 3.93. The molecule has 0 saturated heterocycles. The van der Waals surface area contributed by atoms with Gasteiger partial charge in [-0.1, -0.05) is 30.3 Å². The molecule has 0 heterocycles. The molecular formula is C21H21N3O. The van der Waals surface area contributed by atoms with Gasteiger partial charge in [-0.3, -0.25) is 4.79 Å². The molecule has 1 fully saturated rings. The van der Waals surface area contributed by atoms with Crippen LogP contribution in [0.5, 0.6) is 0 Å². The molecule has 2 aromatic carbocycles. The number of nitriles is 1. The van der Waals surface area contributed by atoms with E-state index in [2.05, 4.69) is 53.1 Å². The highest BCUT2D eigenvalue weighted by molar-refractivity contribution is 5.83. The van der Waals surface area contributed by atoms with Gasteiger partial charge >= 0.3 is 0 Å². The van der Waals surface area contributed by atoms with Crippen molar-refractivity contribution in [2.45, 2.75) is 37.6 Å². The van der Waals surface area contributed by atoms with Gasteiger partial charge in [-0.05, 0) is 66.5 Å². The lowest BCUT2D eigenvalue weighted by Gasteiger charge is -2.22. The minimum absolute atomic E-state index is 0.118. The van der Waals surface area contributed by atoms with Crippen LogP contribution >= 0.6 is 0 Å². The first kappa shape index (κ1) is 15.7. The normalized spacial score (nSPS) is 16.6. The van der Waals surface area contributed by atoms with E-state index < -0.39 is 5.54 Å². The largest absolute Gasteiger partial charge is 0.376 e. The number of carbonyl (C=O) groups excluding carboxylic acids is 1. The molecule has 0 bridgehead atoms. The lowest BCUT2D eigenvalue weighted by atomic mass is 10.00. The molecule has 126 valence electrons. The lowest BCUT2D eigenvalue weighted by molar-refractivity contribution is -0.120. The summed E-state index contributed by atoms with van der Waals surface area (Å²) in [6.45, 7) is 0.190. The predicted molar refractivity (Wildman–Crippen MR) is 98.1 cm³/mol. The van der Waals surface area contributed by atoms with Gasteiger partial charge < -0.3 is 10.6 Å². The number of carbonyl (C=O) groups is 1. The molecule has 2 aliphatic rings. The van der Waals surface area contributed by atoms with Crippen molar-refractivity contribution in [3.8, 4) is 17.2 Å². The minimum atomic E-state index is -0.654. The van der Waals surface area contributed by atoms with Gasteiger partial charge in [0, 0.05) is 5.69 Å². The summed E-state index contributed by atoms with van der Waals surface area (Å²) in [5.41, 5.74) is 5.51. The quantitative estimate of drug-likeness (QED) is 0.767. The summed E-state index contributed by atoms with van der Waals surface area (Å²) in [7, 11) is 0. The van der Waals surface area contributed by atoms with Crippen LogP contribution in [0, 0.1) is 11.3 Å². The minimum Gasteiger partial charge on any atom is -0.376 e. The summed E-state index contributed by atoms with van der Waals surface area (Å²) in [5.74, 6) is -0.118. The van der Waals surface area contributed by atoms with Gasteiger partial charge in [-0.2, -0.15) is 5.26 Å². The smallest absolute Gasteiger partial charge is 0.240 e. The second-order valence-corrected chi connectivity index (χ2v) is 7.01. The molecule has 0 aliphatic heterocycles. The number of hydrogen-bond acceptors (Lipinski definition) is 3. The maximum absolute atomic E-state index is 12.2. The standard InChI is InChI=1S/C21H21N3O/c22-14-21(9-3-4-10-21)24-20(25)13-23-17-7-8-19-16(12-17)11-15-5-1-2-6-18(15)19/h1-2,5-8,12,23H,3-4,9-11,13H2,(H,24,25). The molecular weight excluding hydrogens is 310 g/mol. The third-order valence-corrected chi connectivity index (χ3v) is 5.30. The van der Waals surface area contributed by atoms with Crippen LogP contribution in [0.2, 0.25) is 0 Å². The lowest BCUT2D eigenvalue weighted by Crippen LogP contribution is -2.47. The van der Waals surface area contributed by atoms with Crippen LogP contribution in [0.1, 0.15) is 36.8 Å². The van der Waals surface area contributed by atoms with Crippen molar-refractivity contribution < 1.29 is 4.79 Å². The Morgan fingerprint density at radius 3 is 2.64 bits per heavy atom. The fourth-order valence-electron chi connectivity index (χ4n) is 3.99. The second kappa shape index (κ2) is 6.25. The molecule has 4 rings (SSSR count). The summed E-state index contributed by atoms with van der Waals surface area (Å²) in [6.07, 6.45) is 4.46. The number of nitrogens with one attached hydrogen (secondary N) is 2. The third kappa shape index (κ3) is 2.98. The topological polar surface area (TPSA) is 64.9 Å². The number of amides is 1. The first-order valence-electron chi connectivity index (χ1n) is 8.86. The zero-order valence-electron chi connectivity index (χ0n) is 14.1. The van der Waals surface area contributed by atoms with Crippen molar-refractivity contribution in [2.24, 2.45) is 0 Å². The van der Waals surface area contributed by atoms with E-state index in [0.717, 1.165) is 37.8 Å². The summed E-state index contributed by atoms with van der Waals surface area (Å²) in [6, 6.07) is 17.0. The van der Waals surface area contributed by atoms with Gasteiger partial charge in [0.25, 0.3) is 0 Å². The van der Waals surface area contributed by atoms with Crippen LogP contribution < -0.4 is 10.6 Å². The van der Waals surface area contributed by atoms with Crippen molar-refractivity contribution in [1.29, 1.82) is 5.26 Å². The highest BCUT2D eigenvalue weighted by Crippen LogP contribution is 2.37. The average Bonchev–Trinajstić information content (AvgIpc) is 3.24. The van der Waals surface area contributed by atoms with Gasteiger partial charge in [0.2, 0.25) is 5.91 Å². The number of hydrogen-bond donors (Lipinski definition) is 2. The molecule has 0 unspecified atom stereocenters. The summed E-state index contributed by atoms with van der Waals surface area (Å²) >= 11 is 0. The molecule has 4 nitrogen and oxygen atoms in total. The van der Waals surface area contributed by atoms with Crippen LogP contribution in [0.3, 0.4) is 0 Å². The molecule has 1 saturated carbocycles. The third-order valence-electron chi connectivity index (χ3n) is 5.30. The molecule has 2 aliphatic carbocycles. The SMILES string of the molecule is N#CC1(NC(=O)CNc2ccc3c(c2)Cc2ccccc2-3)CCCC1. The Balaban J connectivity index is 1.40. The molecule has 0 aromatic heterocycles. The highest BCUT2D eigenvalue weighted by atomic mass is 16.2. The zero-order chi connectivity index (χ0) is 17.3. The van der Waals surface area contributed by atoms with Gasteiger partial charge in [0.15, 0.2) is 0 Å². The van der Waals surface area contributed by atoms with Gasteiger partial charge in [-0.15, -0.1) is 0 Å². The number of anilines is 1. The molecule has 2 aromatic rings. The van der Waals surface area contributed by atoms with Crippen molar-refractivity contribution in [3.63, 3.8) is 0 Å². The Bertz CT molecular complexity index is 860. The summed E-state index contributed by atoms with van der Waals surface area (Å²) in [4.78, 5) is 12.2. The van der Waals surface area contributed by atoms with E-state index in [9.17, 15) is 10.1 Å². The maximum atomic E-state index is 12.2. The van der Waals surface area contributed by atoms with Gasteiger partial charge in [0.1, 0.15) is 5.54 Å². The fourth-order valence-corrected chi connectivity index (χ4v) is 3.99. The fraction of sp³-hybridized carbons (Fsp3) is 0.333. The van der Waals surface area contributed by atoms with Crippen molar-refractivity contribution in [1.82, 2.24) is 5.32 Å². The van der Waals surface area contributed by atoms with E-state index in [1.165, 1.54) is 22.3 Å². The van der Waals surface area contributed by atoms with Crippen LogP contribution in [0.15, 0.2) is 42.5 Å². The van der Waals surface area contributed by atoms with Crippen molar-refractivity contribution in [2.75, 3.05) is 11.9 Å². The Morgan fingerprint density at radius 2 is 1.84 bits per heavy atom. The number of nitrogens with zero attached hydrogens (tertiary/aromatic N) is 1. The van der Waals surface area contributed by atoms with Crippen LogP contribution in [-0.2, 0) is 11.2 Å². The average molecular weight is 331 g/mol. The Hall–Kier alpha value is -2.80. The second-order valence-electron chi connectivity index (χ2n) is 7.01. The highest BCUT2D eigenvalue weighted by Gasteiger charge is 2.35. The molecule has 4 heteroatoms. The summed E-state index contributed by atoms with van der Waals surface area (Å²) in [5, 5.41) is 15.5. The molecule has 2 N–H and O–H groups in total. The van der Waals surface area contributed by atoms with Crippen LogP contribution in [0.25, 0.3) is 11.1 Å². The first-order chi connectivity index (χ1) is 12.2. The molecule has 0 spiro atoms. The summed E-state index contributed by atoms with van der Waals surface area (Å²) < 4.78 is 0. The molecule has 0 atom stereocenters. The molecule has 1 amide bonds. The maximum Gasteiger partial charge on any atom is 0.240 e. The van der Waals surface area contributed by atoms with Gasteiger partial charge in [0.05, 0.1) is 12.6 Å². The van der Waals surface area contributed by atoms with E-state index in [-0.39, 0.29) is 12.5 Å². The van der Waals surface area contributed by atoms with Crippen LogP contribution in [-0.4, -0.2) is 18.0 Å². The van der Waals surface area contributed by atoms with Gasteiger partial charge in [-0.25, -0.2) is 0 Å². The van der Waals surface area contributed by atoms with E-state index in [1.807, 2.05) is 6.07 Å². The number of benzene rings is 2. The molecule has 25 heavy (non-hydrogen) atoms. The van der Waals surface area contributed by atoms with Crippen molar-refractivity contribution in [3.05, 3.63) is 53.6 Å². The zero-order valence-corrected chi connectivity index (χ0v) is 14.1. The van der Waals surface area contributed by atoms with E-state index in [0.29, 0.717) is 0 Å². The Morgan fingerprint density at radius 1 is 1.08 bits per heavy atom. The monoisotopic (exact) mass is 331 g/mol. The first-order valence-corrected chi connectivity index (χ1v) is 8.86. The van der Waals surface area contributed by atoms with E-state index >= 15 is 0 Å². The van der Waals surface area contributed by atoms with Crippen molar-refractivity contribution >= 4 is 11.6 Å². The van der Waals surface area contributed by atoms with E-state index in [4.69, 9.17) is 0 Å². The number of fused-ring (bicyclic) bond motifs is 3. The Labute approximate surface area is 147 Å². The molecule has 0 radical (unpaired) electrons. The number of rotatable bonds is 4.